The van der Waals surface area contributed by atoms with Crippen LogP contribution in [0, 0.1) is 0 Å². The Morgan fingerprint density at radius 3 is 0.522 bits per heavy atom. The summed E-state index contributed by atoms with van der Waals surface area (Å²) in [4.78, 5) is 76.4. The van der Waals surface area contributed by atoms with E-state index in [2.05, 4.69) is 0 Å². The maximum absolute atomic E-state index is 9.55. The third-order valence-corrected chi connectivity index (χ3v) is 6.24. The van der Waals surface area contributed by atoms with Gasteiger partial charge < -0.3 is 57.4 Å². The first kappa shape index (κ1) is 46.5. The van der Waals surface area contributed by atoms with Crippen LogP contribution in [0.4, 0.5) is 0 Å². The Balaban J connectivity index is -0.0000000366. The second-order valence-electron chi connectivity index (χ2n) is 2.73. The summed E-state index contributed by atoms with van der Waals surface area (Å²) in [6, 6.07) is 0. The molecule has 0 aliphatic rings. The van der Waals surface area contributed by atoms with E-state index in [1.807, 2.05) is 0 Å². The fourth-order valence-corrected chi connectivity index (χ4v) is 3.82. The first-order valence-electron chi connectivity index (χ1n) is 3.46. The molecule has 23 heavy (non-hydrogen) atoms. The van der Waals surface area contributed by atoms with Crippen molar-refractivity contribution in [1.82, 2.24) is 0 Å². The molecule has 0 unspecified atom stereocenters. The predicted octanol–water partition coefficient (Wildman–Crippen LogP) is -18.4. The average Bonchev–Trinajstić information content (AvgIpc) is 1.64. The first-order valence-corrected chi connectivity index (χ1v) is 10.4. The van der Waals surface area contributed by atoms with Gasteiger partial charge in [-0.25, -0.2) is 0 Å². The van der Waals surface area contributed by atoms with Gasteiger partial charge in [0.25, 0.3) is 0 Å². The Morgan fingerprint density at radius 2 is 0.522 bits per heavy atom. The number of hydrogen-bond acceptors (Lipinski definition) is 12. The molecule has 115 valence electrons. The summed E-state index contributed by atoms with van der Waals surface area (Å²) in [7, 11) is -20.7. The SMILES string of the molecule is O=P([O-])([O-])CP(=O)([O-])[O-].O=P([O-])([O-])CP(=O)([O-])[O-].[Na+].[Na+].[Na+].[Na+].[Tc+4]. The van der Waals surface area contributed by atoms with Gasteiger partial charge in [-0.3, -0.25) is 0 Å². The van der Waals surface area contributed by atoms with Gasteiger partial charge in [0.15, 0.2) is 0 Å². The van der Waals surface area contributed by atoms with Crippen LogP contribution in [0.2, 0.25) is 0 Å². The molecule has 0 N–H and O–H groups in total. The third kappa shape index (κ3) is 58.4. The largest absolute Gasteiger partial charge is 4.00 e. The van der Waals surface area contributed by atoms with E-state index in [0.717, 1.165) is 0 Å². The smallest absolute Gasteiger partial charge is 0.810 e. The maximum atomic E-state index is 9.55. The van der Waals surface area contributed by atoms with E-state index >= 15 is 0 Å². The van der Waals surface area contributed by atoms with Crippen LogP contribution in [0.5, 0.6) is 0 Å². The average molecular weight is 534 g/mol. The van der Waals surface area contributed by atoms with E-state index in [4.69, 9.17) is 0 Å². The zero-order valence-electron chi connectivity index (χ0n) is 12.5. The van der Waals surface area contributed by atoms with E-state index in [1.54, 1.807) is 0 Å². The van der Waals surface area contributed by atoms with Gasteiger partial charge in [-0.15, -0.1) is 0 Å². The summed E-state index contributed by atoms with van der Waals surface area (Å²) < 4.78 is 38.2. The van der Waals surface area contributed by atoms with Crippen molar-refractivity contribution in [3.8, 4) is 0 Å². The van der Waals surface area contributed by atoms with Crippen molar-refractivity contribution in [2.75, 3.05) is 11.8 Å². The normalized spacial score (nSPS) is 10.8. The van der Waals surface area contributed by atoms with E-state index in [1.165, 1.54) is 0 Å². The monoisotopic (exact) mass is 533 g/mol. The van der Waals surface area contributed by atoms with Crippen LogP contribution in [0.1, 0.15) is 0 Å². The van der Waals surface area contributed by atoms with Crippen LogP contribution < -0.4 is 157 Å². The molecular weight excluding hydrogens is 530 g/mol. The summed E-state index contributed by atoms with van der Waals surface area (Å²) in [5.74, 6) is -3.64. The third-order valence-electron chi connectivity index (χ3n) is 0.693. The van der Waals surface area contributed by atoms with Crippen LogP contribution in [0.3, 0.4) is 0 Å². The molecule has 0 saturated heterocycles. The summed E-state index contributed by atoms with van der Waals surface area (Å²) in [5.41, 5.74) is 0. The van der Waals surface area contributed by atoms with Crippen molar-refractivity contribution in [1.29, 1.82) is 0 Å². The van der Waals surface area contributed by atoms with Gasteiger partial charge in [0.1, 0.15) is 0 Å². The molecule has 0 aromatic carbocycles. The topological polar surface area (TPSA) is 253 Å². The van der Waals surface area contributed by atoms with Crippen LogP contribution in [-0.2, 0) is 38.4 Å². The fourth-order valence-electron chi connectivity index (χ4n) is 0.424. The van der Waals surface area contributed by atoms with Crippen molar-refractivity contribution in [3.05, 3.63) is 0 Å². The molecule has 0 spiro atoms. The first-order chi connectivity index (χ1) is 7.41. The van der Waals surface area contributed by atoms with Crippen LogP contribution in [-0.4, -0.2) is 11.8 Å². The Kier molecular flexibility index (Phi) is 38.8. The van der Waals surface area contributed by atoms with Crippen LogP contribution in [0.25, 0.3) is 0 Å². The van der Waals surface area contributed by atoms with Crippen molar-refractivity contribution in [2.24, 2.45) is 0 Å². The van der Waals surface area contributed by atoms with E-state index in [-0.39, 0.29) is 138 Å². The summed E-state index contributed by atoms with van der Waals surface area (Å²) in [6.45, 7) is 0. The van der Waals surface area contributed by atoms with Crippen molar-refractivity contribution in [3.63, 3.8) is 0 Å². The Hall–Kier alpha value is 5.25. The van der Waals surface area contributed by atoms with Crippen molar-refractivity contribution in [2.45, 2.75) is 0 Å². The van der Waals surface area contributed by atoms with E-state index in [0.29, 0.717) is 0 Å². The van der Waals surface area contributed by atoms with Gasteiger partial charge in [-0.1, -0.05) is 30.4 Å². The minimum Gasteiger partial charge on any atom is -0.810 e. The molecule has 12 nitrogen and oxygen atoms in total. The molecule has 0 aliphatic carbocycles. The minimum atomic E-state index is -5.18. The molecule has 0 aliphatic heterocycles. The molecule has 0 fully saturated rings. The fraction of sp³-hybridized carbons (Fsp3) is 1.00. The molecule has 0 aromatic rings. The Labute approximate surface area is 233 Å². The van der Waals surface area contributed by atoms with E-state index in [9.17, 15) is 57.4 Å². The summed E-state index contributed by atoms with van der Waals surface area (Å²) in [6.07, 6.45) is 0. The second-order valence-corrected chi connectivity index (χ2v) is 9.88. The van der Waals surface area contributed by atoms with Gasteiger partial charge in [0.2, 0.25) is 0 Å². The molecule has 0 heterocycles. The molecule has 0 bridgehead atoms. The molecule has 0 amide bonds. The van der Waals surface area contributed by atoms with Gasteiger partial charge >= 0.3 is 138 Å². The summed E-state index contributed by atoms with van der Waals surface area (Å²) >= 11 is 0. The molecule has 0 atom stereocenters. The van der Waals surface area contributed by atoms with Gasteiger partial charge in [0.05, 0.1) is 0 Å². The number of hydrogen-bond donors (Lipinski definition) is 0. The van der Waals surface area contributed by atoms with Crippen molar-refractivity contribution < 1.29 is 196 Å². The zero-order chi connectivity index (χ0) is 15.4. The van der Waals surface area contributed by atoms with Gasteiger partial charge in [-0.05, 0) is 0 Å². The molecule has 0 aromatic heterocycles. The molecule has 21 heteroatoms. The van der Waals surface area contributed by atoms with Crippen molar-refractivity contribution >= 4 is 30.4 Å². The number of rotatable bonds is 4. The molecule has 1 radical (unpaired) electrons. The molecule has 0 rings (SSSR count). The quantitative estimate of drug-likeness (QED) is 0.241. The minimum absolute atomic E-state index is 0. The van der Waals surface area contributed by atoms with Gasteiger partial charge in [-0.2, -0.15) is 0 Å². The van der Waals surface area contributed by atoms with Gasteiger partial charge in [0, 0.05) is 11.8 Å². The zero-order valence-corrected chi connectivity index (χ0v) is 25.9. The molecule has 0 saturated carbocycles. The Morgan fingerprint density at radius 1 is 0.435 bits per heavy atom. The summed E-state index contributed by atoms with van der Waals surface area (Å²) in [5, 5.41) is 0. The standard InChI is InChI=1S/2CH6O6P2.4Na.Tc/c2*2-8(3,4)1-9(5,6)7;;;;;/h2*1H2,(H2,2,3,4)(H2,5,6,7);;;;;/q;;4*+1;+4/p-8. The Bertz CT molecular complexity index is 366. The maximum Gasteiger partial charge on any atom is 4.00 e. The predicted molar refractivity (Wildman–Crippen MR) is 40.2 cm³/mol. The second kappa shape index (κ2) is 19.2. The van der Waals surface area contributed by atoms with E-state index < -0.39 is 42.2 Å². The van der Waals surface area contributed by atoms with Crippen LogP contribution >= 0.6 is 30.4 Å². The van der Waals surface area contributed by atoms with Crippen LogP contribution in [0.15, 0.2) is 0 Å². The molecular formula is C2H4Na4O12P4Tc.